The van der Waals surface area contributed by atoms with Gasteiger partial charge in [-0.3, -0.25) is 0 Å². The minimum atomic E-state index is -3.84. The number of aromatic carboxylic acids is 1. The van der Waals surface area contributed by atoms with E-state index in [1.54, 1.807) is 13.8 Å². The summed E-state index contributed by atoms with van der Waals surface area (Å²) in [6.07, 6.45) is 6.18. The van der Waals surface area contributed by atoms with E-state index in [1.165, 1.54) is 12.1 Å². The molecule has 0 spiro atoms. The summed E-state index contributed by atoms with van der Waals surface area (Å²) in [6, 6.07) is 3.44. The second kappa shape index (κ2) is 6.55. The number of terminal acetylenes is 1. The fourth-order valence-electron chi connectivity index (χ4n) is 1.72. The average Bonchev–Trinajstić information content (AvgIpc) is 2.43. The Labute approximate surface area is 119 Å². The molecule has 1 rings (SSSR count). The molecule has 0 aliphatic carbocycles. The number of carbonyl (C=O) groups is 1. The number of hydrogen-bond acceptors (Lipinski definition) is 3. The van der Waals surface area contributed by atoms with E-state index >= 15 is 0 Å². The maximum atomic E-state index is 12.3. The van der Waals surface area contributed by atoms with E-state index < -0.39 is 22.0 Å². The average molecular weight is 295 g/mol. The van der Waals surface area contributed by atoms with Crippen LogP contribution in [-0.4, -0.2) is 25.5 Å². The van der Waals surface area contributed by atoms with E-state index in [4.69, 9.17) is 11.5 Å². The first-order valence-electron chi connectivity index (χ1n) is 6.20. The minimum Gasteiger partial charge on any atom is -0.478 e. The van der Waals surface area contributed by atoms with Gasteiger partial charge in [-0.15, -0.1) is 6.42 Å². The van der Waals surface area contributed by atoms with Gasteiger partial charge in [0.15, 0.2) is 0 Å². The summed E-state index contributed by atoms with van der Waals surface area (Å²) in [6.45, 7) is 3.56. The maximum Gasteiger partial charge on any atom is 0.335 e. The van der Waals surface area contributed by atoms with Gasteiger partial charge in [0.2, 0.25) is 10.0 Å². The van der Waals surface area contributed by atoms with Crippen LogP contribution in [0.15, 0.2) is 23.1 Å². The second-order valence-electron chi connectivity index (χ2n) is 4.23. The molecular formula is C14H17NO4S. The summed E-state index contributed by atoms with van der Waals surface area (Å²) < 4.78 is 27.0. The van der Waals surface area contributed by atoms with Gasteiger partial charge in [-0.1, -0.05) is 25.8 Å². The first-order chi connectivity index (χ1) is 9.35. The topological polar surface area (TPSA) is 83.5 Å². The van der Waals surface area contributed by atoms with Gasteiger partial charge in [-0.05, 0) is 30.5 Å². The van der Waals surface area contributed by atoms with Crippen LogP contribution in [-0.2, 0) is 16.4 Å². The summed E-state index contributed by atoms with van der Waals surface area (Å²) in [5.74, 6) is 1.17. The Bertz CT molecular complexity index is 644. The molecule has 0 amide bonds. The van der Waals surface area contributed by atoms with E-state index in [0.717, 1.165) is 6.07 Å². The van der Waals surface area contributed by atoms with Gasteiger partial charge < -0.3 is 5.11 Å². The van der Waals surface area contributed by atoms with Gasteiger partial charge in [-0.25, -0.2) is 13.2 Å². The Morgan fingerprint density at radius 3 is 2.55 bits per heavy atom. The number of aryl methyl sites for hydroxylation is 1. The van der Waals surface area contributed by atoms with Crippen LogP contribution in [0.2, 0.25) is 0 Å². The summed E-state index contributed by atoms with van der Waals surface area (Å²) in [5.41, 5.74) is 0.478. The van der Waals surface area contributed by atoms with Crippen LogP contribution < -0.4 is 4.72 Å². The molecule has 108 valence electrons. The highest BCUT2D eigenvalue weighted by Crippen LogP contribution is 2.19. The zero-order chi connectivity index (χ0) is 15.3. The van der Waals surface area contributed by atoms with E-state index in [2.05, 4.69) is 10.6 Å². The van der Waals surface area contributed by atoms with Crippen LogP contribution in [0.4, 0.5) is 0 Å². The molecule has 1 aromatic carbocycles. The van der Waals surface area contributed by atoms with Crippen molar-refractivity contribution in [2.45, 2.75) is 37.6 Å². The fraction of sp³-hybridized carbons (Fsp3) is 0.357. The summed E-state index contributed by atoms with van der Waals surface area (Å²) in [4.78, 5) is 10.9. The molecule has 0 aliphatic heterocycles. The molecule has 5 nitrogen and oxygen atoms in total. The van der Waals surface area contributed by atoms with Crippen LogP contribution in [0.5, 0.6) is 0 Å². The third-order valence-electron chi connectivity index (χ3n) is 2.89. The smallest absolute Gasteiger partial charge is 0.335 e. The van der Waals surface area contributed by atoms with Gasteiger partial charge in [0.1, 0.15) is 0 Å². The van der Waals surface area contributed by atoms with Gasteiger partial charge in [0.05, 0.1) is 16.5 Å². The fourth-order valence-corrected chi connectivity index (χ4v) is 3.29. The first kappa shape index (κ1) is 16.2. The number of hydrogen-bond donors (Lipinski definition) is 2. The van der Waals surface area contributed by atoms with Crippen molar-refractivity contribution in [3.05, 3.63) is 29.3 Å². The lowest BCUT2D eigenvalue weighted by Crippen LogP contribution is -2.33. The van der Waals surface area contributed by atoms with Crippen molar-refractivity contribution < 1.29 is 18.3 Å². The molecule has 0 aromatic heterocycles. The van der Waals surface area contributed by atoms with Gasteiger partial charge in [0, 0.05) is 0 Å². The molecule has 1 atom stereocenters. The molecule has 2 N–H and O–H groups in total. The number of nitrogens with one attached hydrogen (secondary N) is 1. The summed E-state index contributed by atoms with van der Waals surface area (Å²) in [7, 11) is -3.84. The lowest BCUT2D eigenvalue weighted by atomic mass is 10.1. The highest BCUT2D eigenvalue weighted by molar-refractivity contribution is 7.89. The quantitative estimate of drug-likeness (QED) is 0.781. The first-order valence-corrected chi connectivity index (χ1v) is 7.68. The highest BCUT2D eigenvalue weighted by atomic mass is 32.2. The lowest BCUT2D eigenvalue weighted by Gasteiger charge is -2.14. The Kier molecular flexibility index (Phi) is 5.31. The van der Waals surface area contributed by atoms with Crippen molar-refractivity contribution in [3.63, 3.8) is 0 Å². The molecule has 0 bridgehead atoms. The second-order valence-corrected chi connectivity index (χ2v) is 5.91. The van der Waals surface area contributed by atoms with Crippen molar-refractivity contribution in [2.75, 3.05) is 0 Å². The van der Waals surface area contributed by atoms with Crippen molar-refractivity contribution in [1.82, 2.24) is 4.72 Å². The highest BCUT2D eigenvalue weighted by Gasteiger charge is 2.22. The molecular weight excluding hydrogens is 278 g/mol. The lowest BCUT2D eigenvalue weighted by molar-refractivity contribution is 0.0696. The molecule has 1 aromatic rings. The normalized spacial score (nSPS) is 12.7. The molecule has 1 unspecified atom stereocenters. The van der Waals surface area contributed by atoms with Crippen molar-refractivity contribution in [1.29, 1.82) is 0 Å². The maximum absolute atomic E-state index is 12.3. The summed E-state index contributed by atoms with van der Waals surface area (Å²) in [5, 5.41) is 8.97. The molecule has 6 heteroatoms. The van der Waals surface area contributed by atoms with Gasteiger partial charge >= 0.3 is 5.97 Å². The Hall–Kier alpha value is -1.84. The van der Waals surface area contributed by atoms with E-state index in [1.807, 2.05) is 0 Å². The monoisotopic (exact) mass is 295 g/mol. The molecule has 0 heterocycles. The number of carboxylic acids is 1. The Morgan fingerprint density at radius 2 is 2.10 bits per heavy atom. The Balaban J connectivity index is 3.32. The third kappa shape index (κ3) is 3.59. The predicted molar refractivity (Wildman–Crippen MR) is 76.0 cm³/mol. The van der Waals surface area contributed by atoms with Crippen LogP contribution in [0.3, 0.4) is 0 Å². The number of rotatable bonds is 6. The Morgan fingerprint density at radius 1 is 1.45 bits per heavy atom. The van der Waals surface area contributed by atoms with E-state index in [-0.39, 0.29) is 10.5 Å². The number of carboxylic acid groups (broad SMARTS) is 1. The standard InChI is InChI=1S/C14H17NO4S/c1-4-10-7-8-11(14(16)17)9-13(10)20(18,19)15-12(5-2)6-3/h2,7-9,12,15H,4,6H2,1,3H3,(H,16,17). The molecule has 0 saturated heterocycles. The molecule has 20 heavy (non-hydrogen) atoms. The molecule has 0 saturated carbocycles. The zero-order valence-electron chi connectivity index (χ0n) is 11.4. The van der Waals surface area contributed by atoms with Crippen LogP contribution in [0, 0.1) is 12.3 Å². The number of benzene rings is 1. The molecule has 0 radical (unpaired) electrons. The van der Waals surface area contributed by atoms with E-state index in [9.17, 15) is 13.2 Å². The van der Waals surface area contributed by atoms with Crippen molar-refractivity contribution >= 4 is 16.0 Å². The third-order valence-corrected chi connectivity index (χ3v) is 4.45. The summed E-state index contributed by atoms with van der Waals surface area (Å²) >= 11 is 0. The van der Waals surface area contributed by atoms with E-state index in [0.29, 0.717) is 18.4 Å². The van der Waals surface area contributed by atoms with Crippen molar-refractivity contribution in [2.24, 2.45) is 0 Å². The van der Waals surface area contributed by atoms with Crippen LogP contribution in [0.1, 0.15) is 36.2 Å². The SMILES string of the molecule is C#CC(CC)NS(=O)(=O)c1cc(C(=O)O)ccc1CC. The minimum absolute atomic E-state index is 0.0337. The van der Waals surface area contributed by atoms with Gasteiger partial charge in [0.25, 0.3) is 0 Å². The largest absolute Gasteiger partial charge is 0.478 e. The van der Waals surface area contributed by atoms with Crippen LogP contribution in [0.25, 0.3) is 0 Å². The predicted octanol–water partition coefficient (Wildman–Crippen LogP) is 1.64. The molecule has 0 aliphatic rings. The molecule has 0 fully saturated rings. The van der Waals surface area contributed by atoms with Gasteiger partial charge in [-0.2, -0.15) is 4.72 Å². The van der Waals surface area contributed by atoms with Crippen LogP contribution >= 0.6 is 0 Å². The number of sulfonamides is 1. The zero-order valence-corrected chi connectivity index (χ0v) is 12.2. The van der Waals surface area contributed by atoms with Crippen molar-refractivity contribution in [3.8, 4) is 12.3 Å².